The van der Waals surface area contributed by atoms with Gasteiger partial charge in [-0.05, 0) is 37.6 Å². The molecule has 1 aromatic carbocycles. The molecule has 0 atom stereocenters. The van der Waals surface area contributed by atoms with E-state index in [2.05, 4.69) is 4.72 Å². The summed E-state index contributed by atoms with van der Waals surface area (Å²) in [6.07, 6.45) is 1.21. The molecule has 0 heterocycles. The molecule has 0 spiro atoms. The Labute approximate surface area is 111 Å². The molecule has 0 saturated heterocycles. The van der Waals surface area contributed by atoms with Crippen molar-refractivity contribution in [2.45, 2.75) is 17.7 Å². The lowest BCUT2D eigenvalue weighted by atomic mass is 10.3. The van der Waals surface area contributed by atoms with Crippen molar-refractivity contribution >= 4 is 22.4 Å². The number of unbranched alkanes of at least 4 members (excludes halogenated alkanes) is 1. The molecule has 0 unspecified atom stereocenters. The highest BCUT2D eigenvalue weighted by Crippen LogP contribution is 2.15. The fourth-order valence-electron chi connectivity index (χ4n) is 1.24. The van der Waals surface area contributed by atoms with Crippen LogP contribution in [-0.2, 0) is 10.0 Å². The number of halogens is 3. The Morgan fingerprint density at radius 1 is 1.22 bits per heavy atom. The van der Waals surface area contributed by atoms with Crippen molar-refractivity contribution in [2.75, 3.05) is 13.1 Å². The first-order chi connectivity index (χ1) is 7.97. The van der Waals surface area contributed by atoms with Crippen LogP contribution in [0.5, 0.6) is 0 Å². The standard InChI is InChI=1S/C10H14F2N2O2S.ClH/c11-8-3-4-9(12)10(7-8)17(15,16)14-6-2-1-5-13;/h3-4,7,14H,1-2,5-6,13H2;1H. The Hall–Kier alpha value is -0.760. The maximum absolute atomic E-state index is 13.2. The van der Waals surface area contributed by atoms with Crippen LogP contribution in [0.3, 0.4) is 0 Å². The zero-order valence-corrected chi connectivity index (χ0v) is 11.2. The summed E-state index contributed by atoms with van der Waals surface area (Å²) in [6.45, 7) is 0.603. The molecular formula is C10H15ClF2N2O2S. The molecular weight excluding hydrogens is 286 g/mol. The zero-order chi connectivity index (χ0) is 12.9. The highest BCUT2D eigenvalue weighted by molar-refractivity contribution is 7.89. The summed E-state index contributed by atoms with van der Waals surface area (Å²) in [6, 6.07) is 2.30. The molecule has 4 nitrogen and oxygen atoms in total. The second kappa shape index (κ2) is 7.63. The topological polar surface area (TPSA) is 72.2 Å². The third-order valence-corrected chi connectivity index (χ3v) is 3.58. The lowest BCUT2D eigenvalue weighted by molar-refractivity contribution is 0.544. The maximum Gasteiger partial charge on any atom is 0.243 e. The Morgan fingerprint density at radius 3 is 2.50 bits per heavy atom. The average Bonchev–Trinajstić information content (AvgIpc) is 2.28. The van der Waals surface area contributed by atoms with E-state index in [9.17, 15) is 17.2 Å². The molecule has 0 radical (unpaired) electrons. The van der Waals surface area contributed by atoms with E-state index in [1.165, 1.54) is 0 Å². The van der Waals surface area contributed by atoms with Gasteiger partial charge in [0.15, 0.2) is 0 Å². The molecule has 0 fully saturated rings. The van der Waals surface area contributed by atoms with Crippen molar-refractivity contribution in [3.8, 4) is 0 Å². The van der Waals surface area contributed by atoms with Crippen molar-refractivity contribution in [1.29, 1.82) is 0 Å². The van der Waals surface area contributed by atoms with Gasteiger partial charge in [-0.25, -0.2) is 21.9 Å². The van der Waals surface area contributed by atoms with Gasteiger partial charge in [0.05, 0.1) is 0 Å². The summed E-state index contributed by atoms with van der Waals surface area (Å²) in [5, 5.41) is 0. The Bertz CT molecular complexity index is 483. The predicted molar refractivity (Wildman–Crippen MR) is 67.1 cm³/mol. The van der Waals surface area contributed by atoms with Crippen LogP contribution in [0.15, 0.2) is 23.1 Å². The number of rotatable bonds is 6. The van der Waals surface area contributed by atoms with Crippen LogP contribution in [0.25, 0.3) is 0 Å². The molecule has 1 aromatic rings. The molecule has 3 N–H and O–H groups in total. The first-order valence-corrected chi connectivity index (χ1v) is 6.60. The average molecular weight is 301 g/mol. The van der Waals surface area contributed by atoms with Crippen molar-refractivity contribution < 1.29 is 17.2 Å². The van der Waals surface area contributed by atoms with Crippen molar-refractivity contribution in [2.24, 2.45) is 5.73 Å². The van der Waals surface area contributed by atoms with Crippen LogP contribution >= 0.6 is 12.4 Å². The van der Waals surface area contributed by atoms with Crippen LogP contribution in [0.2, 0.25) is 0 Å². The van der Waals surface area contributed by atoms with E-state index < -0.39 is 26.6 Å². The van der Waals surface area contributed by atoms with E-state index in [4.69, 9.17) is 5.73 Å². The monoisotopic (exact) mass is 300 g/mol. The van der Waals surface area contributed by atoms with Gasteiger partial charge >= 0.3 is 0 Å². The minimum Gasteiger partial charge on any atom is -0.330 e. The molecule has 0 bridgehead atoms. The second-order valence-electron chi connectivity index (χ2n) is 3.47. The molecule has 0 aromatic heterocycles. The Balaban J connectivity index is 0.00000289. The number of nitrogens with one attached hydrogen (secondary N) is 1. The second-order valence-corrected chi connectivity index (χ2v) is 5.20. The number of sulfonamides is 1. The molecule has 0 aliphatic heterocycles. The fraction of sp³-hybridized carbons (Fsp3) is 0.400. The number of nitrogens with two attached hydrogens (primary N) is 1. The van der Waals surface area contributed by atoms with Crippen LogP contribution in [0.4, 0.5) is 8.78 Å². The van der Waals surface area contributed by atoms with Crippen molar-refractivity contribution in [3.63, 3.8) is 0 Å². The summed E-state index contributed by atoms with van der Waals surface area (Å²) < 4.78 is 51.5. The largest absolute Gasteiger partial charge is 0.330 e. The molecule has 8 heteroatoms. The van der Waals surface area contributed by atoms with Gasteiger partial charge in [-0.3, -0.25) is 0 Å². The zero-order valence-electron chi connectivity index (χ0n) is 9.53. The molecule has 0 amide bonds. The van der Waals surface area contributed by atoms with Crippen molar-refractivity contribution in [3.05, 3.63) is 29.8 Å². The summed E-state index contributed by atoms with van der Waals surface area (Å²) in [4.78, 5) is -0.676. The van der Waals surface area contributed by atoms with Crippen LogP contribution in [0.1, 0.15) is 12.8 Å². The van der Waals surface area contributed by atoms with Gasteiger partial charge in [0.25, 0.3) is 0 Å². The molecule has 0 aliphatic rings. The number of benzene rings is 1. The van der Waals surface area contributed by atoms with E-state index in [0.717, 1.165) is 12.1 Å². The lowest BCUT2D eigenvalue weighted by Crippen LogP contribution is -2.26. The van der Waals surface area contributed by atoms with Gasteiger partial charge in [0, 0.05) is 6.54 Å². The predicted octanol–water partition coefficient (Wildman–Crippen LogP) is 1.40. The third-order valence-electron chi connectivity index (χ3n) is 2.11. The van der Waals surface area contributed by atoms with Gasteiger partial charge in [-0.15, -0.1) is 12.4 Å². The van der Waals surface area contributed by atoms with E-state index in [1.807, 2.05) is 0 Å². The van der Waals surface area contributed by atoms with E-state index in [-0.39, 0.29) is 19.0 Å². The van der Waals surface area contributed by atoms with E-state index in [1.54, 1.807) is 0 Å². The Kier molecular flexibility index (Phi) is 7.30. The smallest absolute Gasteiger partial charge is 0.243 e. The fourth-order valence-corrected chi connectivity index (χ4v) is 2.40. The van der Waals surface area contributed by atoms with Gasteiger partial charge in [-0.1, -0.05) is 0 Å². The summed E-state index contributed by atoms with van der Waals surface area (Å²) >= 11 is 0. The summed E-state index contributed by atoms with van der Waals surface area (Å²) in [7, 11) is -4.00. The molecule has 0 aliphatic carbocycles. The van der Waals surface area contributed by atoms with Crippen LogP contribution < -0.4 is 10.5 Å². The summed E-state index contributed by atoms with van der Waals surface area (Å²) in [5.74, 6) is -1.77. The SMILES string of the molecule is Cl.NCCCCNS(=O)(=O)c1cc(F)ccc1F. The third kappa shape index (κ3) is 4.85. The Morgan fingerprint density at radius 2 is 1.89 bits per heavy atom. The molecule has 0 saturated carbocycles. The quantitative estimate of drug-likeness (QED) is 0.780. The van der Waals surface area contributed by atoms with Crippen LogP contribution in [-0.4, -0.2) is 21.5 Å². The molecule has 1 rings (SSSR count). The maximum atomic E-state index is 13.2. The molecule has 18 heavy (non-hydrogen) atoms. The summed E-state index contributed by atoms with van der Waals surface area (Å²) in [5.41, 5.74) is 5.25. The highest BCUT2D eigenvalue weighted by atomic mass is 35.5. The highest BCUT2D eigenvalue weighted by Gasteiger charge is 2.18. The number of hydrogen-bond acceptors (Lipinski definition) is 3. The van der Waals surface area contributed by atoms with Gasteiger partial charge in [0.1, 0.15) is 16.5 Å². The van der Waals surface area contributed by atoms with Gasteiger partial charge in [0.2, 0.25) is 10.0 Å². The number of hydrogen-bond donors (Lipinski definition) is 2. The minimum atomic E-state index is -4.00. The van der Waals surface area contributed by atoms with Gasteiger partial charge < -0.3 is 5.73 Å². The van der Waals surface area contributed by atoms with Crippen LogP contribution in [0, 0.1) is 11.6 Å². The minimum absolute atomic E-state index is 0. The van der Waals surface area contributed by atoms with E-state index >= 15 is 0 Å². The lowest BCUT2D eigenvalue weighted by Gasteiger charge is -2.07. The van der Waals surface area contributed by atoms with E-state index in [0.29, 0.717) is 25.5 Å². The first-order valence-electron chi connectivity index (χ1n) is 5.12. The van der Waals surface area contributed by atoms with Crippen molar-refractivity contribution in [1.82, 2.24) is 4.72 Å². The first kappa shape index (κ1) is 17.2. The normalized spacial score (nSPS) is 11.1. The molecule has 104 valence electrons. The van der Waals surface area contributed by atoms with Gasteiger partial charge in [-0.2, -0.15) is 0 Å².